The summed E-state index contributed by atoms with van der Waals surface area (Å²) >= 11 is 0. The summed E-state index contributed by atoms with van der Waals surface area (Å²) in [5.74, 6) is 1.97. The van der Waals surface area contributed by atoms with E-state index in [0.29, 0.717) is 12.1 Å². The van der Waals surface area contributed by atoms with Gasteiger partial charge in [0.15, 0.2) is 29.1 Å². The number of nitrogens with zero attached hydrogens (tertiary/aromatic N) is 4. The Morgan fingerprint density at radius 3 is 2.47 bits per heavy atom. The molecule has 0 radical (unpaired) electrons. The van der Waals surface area contributed by atoms with E-state index < -0.39 is 61.8 Å². The summed E-state index contributed by atoms with van der Waals surface area (Å²) in [6.07, 6.45) is -4.91. The zero-order valence-electron chi connectivity index (χ0n) is 18.3. The van der Waals surface area contributed by atoms with Crippen LogP contribution in [0.1, 0.15) is 19.5 Å². The van der Waals surface area contributed by atoms with Crippen LogP contribution < -0.4 is 26.6 Å². The summed E-state index contributed by atoms with van der Waals surface area (Å²) in [5.41, 5.74) is -7.16. The van der Waals surface area contributed by atoms with E-state index in [1.165, 1.54) is 32.2 Å². The highest BCUT2D eigenvalue weighted by Gasteiger charge is 2.36. The van der Waals surface area contributed by atoms with Crippen LogP contribution in [0.15, 0.2) is 46.1 Å². The van der Waals surface area contributed by atoms with Crippen LogP contribution in [0.4, 0.5) is 23.2 Å². The molecule has 0 fully saturated rings. The Morgan fingerprint density at radius 2 is 1.89 bits per heavy atom. The Bertz CT molecular complexity index is 1480. The minimum atomic E-state index is -5.18. The maximum atomic E-state index is 14.8. The molecule has 2 N–H and O–H groups in total. The maximum absolute atomic E-state index is 14.8. The van der Waals surface area contributed by atoms with Gasteiger partial charge >= 0.3 is 17.6 Å². The smallest absolute Gasteiger partial charge is 0.433 e. The van der Waals surface area contributed by atoms with Gasteiger partial charge in [-0.2, -0.15) is 13.2 Å². The minimum Gasteiger partial charge on any atom is -0.464 e. The fraction of sp³-hybridized carbons (Fsp3) is 0.200. The number of nitro groups is 1. The minimum absolute atomic E-state index is 0.0427. The lowest BCUT2D eigenvalue weighted by Crippen LogP contribution is -2.45. The molecule has 1 unspecified atom stereocenters. The van der Waals surface area contributed by atoms with Gasteiger partial charge in [-0.05, 0) is 26.0 Å². The van der Waals surface area contributed by atoms with Crippen LogP contribution in [-0.4, -0.2) is 31.0 Å². The first-order valence-corrected chi connectivity index (χ1v) is 9.72. The van der Waals surface area contributed by atoms with Crippen molar-refractivity contribution >= 4 is 11.5 Å². The number of ketones is 1. The first kappa shape index (κ1) is 25.9. The van der Waals surface area contributed by atoms with E-state index in [1.54, 1.807) is 0 Å². The van der Waals surface area contributed by atoms with Gasteiger partial charge < -0.3 is 15.3 Å². The van der Waals surface area contributed by atoms with E-state index in [0.717, 1.165) is 0 Å². The number of ether oxygens (including phenoxy) is 2. The Kier molecular flexibility index (Phi) is 6.80. The Hall–Kier alpha value is -4.76. The third-order valence-corrected chi connectivity index (χ3v) is 4.71. The van der Waals surface area contributed by atoms with Gasteiger partial charge in [0.25, 0.3) is 11.4 Å². The van der Waals surface area contributed by atoms with Crippen LogP contribution in [-0.2, 0) is 11.0 Å². The van der Waals surface area contributed by atoms with Crippen LogP contribution in [0.3, 0.4) is 0 Å². The number of rotatable bonds is 7. The molecule has 2 heterocycles. The van der Waals surface area contributed by atoms with Crippen molar-refractivity contribution in [2.24, 2.45) is 0 Å². The third kappa shape index (κ3) is 5.01. The van der Waals surface area contributed by atoms with Crippen LogP contribution in [0.25, 0.3) is 5.69 Å². The largest absolute Gasteiger partial charge is 0.464 e. The third-order valence-electron chi connectivity index (χ3n) is 4.71. The van der Waals surface area contributed by atoms with Gasteiger partial charge in [-0.3, -0.25) is 19.7 Å². The highest BCUT2D eigenvalue weighted by molar-refractivity contribution is 5.80. The molecule has 0 amide bonds. The van der Waals surface area contributed by atoms with Gasteiger partial charge in [0, 0.05) is 18.3 Å². The molecule has 0 aliphatic rings. The maximum Gasteiger partial charge on any atom is 0.433 e. The van der Waals surface area contributed by atoms with Crippen molar-refractivity contribution in [1.82, 2.24) is 14.2 Å². The Morgan fingerprint density at radius 1 is 1.22 bits per heavy atom. The molecule has 0 spiro atoms. The molecular formula is C20H15F4N5O7. The van der Waals surface area contributed by atoms with Crippen molar-refractivity contribution in [1.29, 1.82) is 0 Å². The molecule has 0 saturated carbocycles. The predicted octanol–water partition coefficient (Wildman–Crippen LogP) is 2.32. The van der Waals surface area contributed by atoms with Gasteiger partial charge in [-0.1, -0.05) is 0 Å². The molecular weight excluding hydrogens is 498 g/mol. The molecule has 3 rings (SSSR count). The molecule has 2 aromatic heterocycles. The fourth-order valence-corrected chi connectivity index (χ4v) is 2.84. The van der Waals surface area contributed by atoms with Crippen molar-refractivity contribution in [3.63, 3.8) is 0 Å². The van der Waals surface area contributed by atoms with Gasteiger partial charge in [-0.25, -0.2) is 23.4 Å². The normalized spacial score (nSPS) is 12.2. The fourth-order valence-electron chi connectivity index (χ4n) is 2.84. The van der Waals surface area contributed by atoms with Gasteiger partial charge in [0.05, 0.1) is 16.7 Å². The Labute approximate surface area is 197 Å². The summed E-state index contributed by atoms with van der Waals surface area (Å²) in [6, 6.07) is 3.38. The number of aromatic nitrogens is 3. The monoisotopic (exact) mass is 513 g/mol. The van der Waals surface area contributed by atoms with Crippen LogP contribution in [0, 0.1) is 15.9 Å². The van der Waals surface area contributed by atoms with E-state index in [9.17, 15) is 42.1 Å². The molecule has 3 aromatic rings. The average Bonchev–Trinajstić information content (AvgIpc) is 2.78. The quantitative estimate of drug-likeness (QED) is 0.216. The number of nitrogen functional groups attached to an aromatic ring is 1. The lowest BCUT2D eigenvalue weighted by atomic mass is 10.2. The molecule has 0 aliphatic carbocycles. The van der Waals surface area contributed by atoms with Crippen LogP contribution in [0.5, 0.6) is 17.4 Å². The molecule has 0 aliphatic heterocycles. The summed E-state index contributed by atoms with van der Waals surface area (Å²) in [7, 11) is 0. The number of pyridine rings is 1. The summed E-state index contributed by atoms with van der Waals surface area (Å²) in [6.45, 7) is 2.63. The number of nitrogens with two attached hydrogens (primary N) is 1. The number of benzene rings is 1. The van der Waals surface area contributed by atoms with Gasteiger partial charge in [-0.15, -0.1) is 0 Å². The second-order valence-corrected chi connectivity index (χ2v) is 7.16. The molecule has 0 saturated heterocycles. The van der Waals surface area contributed by atoms with E-state index in [1.807, 2.05) is 0 Å². The van der Waals surface area contributed by atoms with E-state index in [4.69, 9.17) is 15.3 Å². The second-order valence-electron chi connectivity index (χ2n) is 7.16. The van der Waals surface area contributed by atoms with Crippen molar-refractivity contribution in [3.05, 3.63) is 79.0 Å². The molecule has 36 heavy (non-hydrogen) atoms. The number of carbonyl (C=O) groups is 1. The van der Waals surface area contributed by atoms with Crippen molar-refractivity contribution in [2.45, 2.75) is 26.1 Å². The number of carbonyl (C=O) groups excluding carboxylic acids is 1. The molecule has 1 aromatic carbocycles. The summed E-state index contributed by atoms with van der Waals surface area (Å²) in [4.78, 5) is 50.6. The molecule has 12 nitrogen and oxygen atoms in total. The van der Waals surface area contributed by atoms with Crippen molar-refractivity contribution in [2.75, 3.05) is 5.84 Å². The van der Waals surface area contributed by atoms with Crippen LogP contribution >= 0.6 is 0 Å². The highest BCUT2D eigenvalue weighted by Crippen LogP contribution is 2.37. The van der Waals surface area contributed by atoms with Crippen molar-refractivity contribution < 1.29 is 36.8 Å². The average molecular weight is 513 g/mol. The summed E-state index contributed by atoms with van der Waals surface area (Å²) < 4.78 is 64.3. The lowest BCUT2D eigenvalue weighted by Gasteiger charge is -2.16. The van der Waals surface area contributed by atoms with Gasteiger partial charge in [0.2, 0.25) is 5.75 Å². The zero-order valence-corrected chi connectivity index (χ0v) is 18.3. The Balaban J connectivity index is 2.21. The van der Waals surface area contributed by atoms with Crippen molar-refractivity contribution in [3.8, 4) is 23.1 Å². The first-order valence-electron chi connectivity index (χ1n) is 9.72. The van der Waals surface area contributed by atoms with E-state index in [-0.39, 0.29) is 28.0 Å². The SMILES string of the molecule is CC(=O)C(C)Oc1ncccc1Oc1cc(-n2c(=O)cc(C(F)(F)F)n(N)c2=O)c(F)cc1[N+](=O)[O-]. The number of alkyl halides is 3. The van der Waals surface area contributed by atoms with E-state index >= 15 is 0 Å². The summed E-state index contributed by atoms with van der Waals surface area (Å²) in [5, 5.41) is 11.5. The van der Waals surface area contributed by atoms with E-state index in [2.05, 4.69) is 4.98 Å². The highest BCUT2D eigenvalue weighted by atomic mass is 19.4. The number of hydrogen-bond donors (Lipinski definition) is 1. The first-order chi connectivity index (χ1) is 16.7. The van der Waals surface area contributed by atoms with Crippen LogP contribution in [0.2, 0.25) is 0 Å². The predicted molar refractivity (Wildman–Crippen MR) is 113 cm³/mol. The second kappa shape index (κ2) is 9.47. The van der Waals surface area contributed by atoms with Gasteiger partial charge in [0.1, 0.15) is 0 Å². The number of nitro benzene ring substituents is 1. The zero-order chi connectivity index (χ0) is 26.9. The number of hydrogen-bond acceptors (Lipinski definition) is 9. The topological polar surface area (TPSA) is 162 Å². The standard InChI is InChI=1S/C20H15F4N5O7/c1-9(30)10(2)35-18-14(4-3-5-26-18)36-15-7-12(11(21)6-13(15)29(33)34)27-17(31)8-16(20(22,23)24)28(25)19(27)32/h3-8,10H,25H2,1-2H3. The number of Topliss-reactive ketones (excluding diaryl/α,β-unsaturated/α-hetero) is 1. The molecule has 1 atom stereocenters. The molecule has 190 valence electrons. The lowest BCUT2D eigenvalue weighted by molar-refractivity contribution is -0.385. The number of halogens is 4. The molecule has 16 heteroatoms. The molecule has 0 bridgehead atoms.